The summed E-state index contributed by atoms with van der Waals surface area (Å²) in [5, 5.41) is 0.766. The smallest absolute Gasteiger partial charge is 0.118 e. The molecule has 3 aromatic rings. The Kier molecular flexibility index (Phi) is 4.46. The summed E-state index contributed by atoms with van der Waals surface area (Å²) in [6, 6.07) is 18.4. The molecular formula is C22H20ClNO. The van der Waals surface area contributed by atoms with Gasteiger partial charge < -0.3 is 4.74 Å². The molecule has 1 aromatic heterocycles. The number of nitrogens with zero attached hydrogens (tertiary/aromatic N) is 1. The number of methoxy groups -OCH3 is 1. The van der Waals surface area contributed by atoms with E-state index < -0.39 is 0 Å². The normalized spacial score (nSPS) is 13.4. The van der Waals surface area contributed by atoms with Crippen LogP contribution in [0.4, 0.5) is 0 Å². The number of aromatic nitrogens is 1. The van der Waals surface area contributed by atoms with Crippen molar-refractivity contribution in [2.24, 2.45) is 0 Å². The van der Waals surface area contributed by atoms with Crippen molar-refractivity contribution in [2.45, 2.75) is 25.7 Å². The second kappa shape index (κ2) is 6.89. The van der Waals surface area contributed by atoms with Gasteiger partial charge in [-0.25, -0.2) is 0 Å². The van der Waals surface area contributed by atoms with Gasteiger partial charge in [0.1, 0.15) is 5.75 Å². The SMILES string of the molecule is COc1ccc(-c2cc(-c3ccc(Cl)cc3)c3c(n2)CCCC3)cc1. The van der Waals surface area contributed by atoms with Gasteiger partial charge >= 0.3 is 0 Å². The molecule has 25 heavy (non-hydrogen) atoms. The summed E-state index contributed by atoms with van der Waals surface area (Å²) >= 11 is 6.07. The van der Waals surface area contributed by atoms with E-state index in [0.717, 1.165) is 34.9 Å². The molecule has 0 fully saturated rings. The van der Waals surface area contributed by atoms with Crippen LogP contribution in [0.25, 0.3) is 22.4 Å². The lowest BCUT2D eigenvalue weighted by Gasteiger charge is -2.20. The fourth-order valence-electron chi connectivity index (χ4n) is 3.50. The van der Waals surface area contributed by atoms with Gasteiger partial charge in [0.15, 0.2) is 0 Å². The van der Waals surface area contributed by atoms with Crippen molar-refractivity contribution in [1.82, 2.24) is 4.98 Å². The predicted octanol–water partition coefficient (Wildman–Crippen LogP) is 5.96. The van der Waals surface area contributed by atoms with Crippen molar-refractivity contribution >= 4 is 11.6 Å². The van der Waals surface area contributed by atoms with Crippen LogP contribution in [0.3, 0.4) is 0 Å². The zero-order valence-electron chi connectivity index (χ0n) is 14.3. The Labute approximate surface area is 153 Å². The highest BCUT2D eigenvalue weighted by molar-refractivity contribution is 6.30. The summed E-state index contributed by atoms with van der Waals surface area (Å²) in [7, 11) is 1.69. The second-order valence-corrected chi connectivity index (χ2v) is 6.86. The van der Waals surface area contributed by atoms with Gasteiger partial charge in [-0.15, -0.1) is 0 Å². The van der Waals surface area contributed by atoms with E-state index in [1.165, 1.54) is 35.2 Å². The first-order valence-electron chi connectivity index (χ1n) is 8.68. The molecule has 2 nitrogen and oxygen atoms in total. The largest absolute Gasteiger partial charge is 0.497 e. The van der Waals surface area contributed by atoms with Gasteiger partial charge in [0.25, 0.3) is 0 Å². The van der Waals surface area contributed by atoms with Crippen LogP contribution in [-0.4, -0.2) is 12.1 Å². The van der Waals surface area contributed by atoms with Gasteiger partial charge in [0.2, 0.25) is 0 Å². The third kappa shape index (κ3) is 3.27. The summed E-state index contributed by atoms with van der Waals surface area (Å²) in [6.45, 7) is 0. The van der Waals surface area contributed by atoms with Crippen molar-refractivity contribution in [3.05, 3.63) is 70.9 Å². The third-order valence-corrected chi connectivity index (χ3v) is 5.09. The van der Waals surface area contributed by atoms with Crippen molar-refractivity contribution in [2.75, 3.05) is 7.11 Å². The number of pyridine rings is 1. The van der Waals surface area contributed by atoms with Gasteiger partial charge in [0, 0.05) is 16.3 Å². The van der Waals surface area contributed by atoms with Crippen LogP contribution in [0.15, 0.2) is 54.6 Å². The number of hydrogen-bond donors (Lipinski definition) is 0. The fraction of sp³-hybridized carbons (Fsp3) is 0.227. The summed E-state index contributed by atoms with van der Waals surface area (Å²) in [4.78, 5) is 4.98. The molecule has 3 heteroatoms. The monoisotopic (exact) mass is 349 g/mol. The maximum absolute atomic E-state index is 6.07. The Hall–Kier alpha value is -2.32. The maximum Gasteiger partial charge on any atom is 0.118 e. The Morgan fingerprint density at radius 1 is 0.880 bits per heavy atom. The van der Waals surface area contributed by atoms with E-state index >= 15 is 0 Å². The zero-order valence-corrected chi connectivity index (χ0v) is 15.0. The minimum absolute atomic E-state index is 0.766. The predicted molar refractivity (Wildman–Crippen MR) is 103 cm³/mol. The zero-order chi connectivity index (χ0) is 17.2. The van der Waals surface area contributed by atoms with E-state index in [1.807, 2.05) is 24.3 Å². The van der Waals surface area contributed by atoms with Crippen LogP contribution in [0.1, 0.15) is 24.1 Å². The summed E-state index contributed by atoms with van der Waals surface area (Å²) in [5.41, 5.74) is 7.26. The Balaban J connectivity index is 1.85. The molecule has 0 atom stereocenters. The summed E-state index contributed by atoms with van der Waals surface area (Å²) < 4.78 is 5.27. The van der Waals surface area contributed by atoms with Crippen molar-refractivity contribution in [3.63, 3.8) is 0 Å². The fourth-order valence-corrected chi connectivity index (χ4v) is 3.63. The topological polar surface area (TPSA) is 22.1 Å². The van der Waals surface area contributed by atoms with Crippen molar-refractivity contribution in [1.29, 1.82) is 0 Å². The summed E-state index contributed by atoms with van der Waals surface area (Å²) in [5.74, 6) is 0.861. The number of halogens is 1. The molecule has 0 aliphatic heterocycles. The molecule has 0 unspecified atom stereocenters. The number of hydrogen-bond acceptors (Lipinski definition) is 2. The van der Waals surface area contributed by atoms with Crippen LogP contribution in [0.5, 0.6) is 5.75 Å². The van der Waals surface area contributed by atoms with E-state index in [9.17, 15) is 0 Å². The molecule has 2 aromatic carbocycles. The molecule has 0 spiro atoms. The quantitative estimate of drug-likeness (QED) is 0.582. The highest BCUT2D eigenvalue weighted by Crippen LogP contribution is 2.35. The Morgan fingerprint density at radius 2 is 1.56 bits per heavy atom. The van der Waals surface area contributed by atoms with Crippen LogP contribution in [0.2, 0.25) is 5.02 Å². The maximum atomic E-state index is 6.07. The molecule has 0 amide bonds. The summed E-state index contributed by atoms with van der Waals surface area (Å²) in [6.07, 6.45) is 4.60. The first-order chi connectivity index (χ1) is 12.2. The van der Waals surface area contributed by atoms with E-state index in [-0.39, 0.29) is 0 Å². The Bertz CT molecular complexity index is 885. The van der Waals surface area contributed by atoms with Gasteiger partial charge in [0.05, 0.1) is 12.8 Å². The number of fused-ring (bicyclic) bond motifs is 1. The molecule has 1 aliphatic rings. The highest BCUT2D eigenvalue weighted by Gasteiger charge is 2.18. The molecule has 0 bridgehead atoms. The molecule has 0 N–H and O–H groups in total. The number of aryl methyl sites for hydroxylation is 1. The molecule has 0 radical (unpaired) electrons. The van der Waals surface area contributed by atoms with E-state index in [4.69, 9.17) is 21.3 Å². The average Bonchev–Trinajstić information content (AvgIpc) is 2.68. The van der Waals surface area contributed by atoms with Gasteiger partial charge in [-0.2, -0.15) is 0 Å². The van der Waals surface area contributed by atoms with Crippen molar-refractivity contribution in [3.8, 4) is 28.1 Å². The first kappa shape index (κ1) is 16.2. The lowest BCUT2D eigenvalue weighted by atomic mass is 9.88. The highest BCUT2D eigenvalue weighted by atomic mass is 35.5. The lowest BCUT2D eigenvalue weighted by Crippen LogP contribution is -2.08. The Morgan fingerprint density at radius 3 is 2.28 bits per heavy atom. The lowest BCUT2D eigenvalue weighted by molar-refractivity contribution is 0.415. The number of ether oxygens (including phenoxy) is 1. The molecule has 1 heterocycles. The van der Waals surface area contributed by atoms with Crippen LogP contribution < -0.4 is 4.74 Å². The second-order valence-electron chi connectivity index (χ2n) is 6.42. The van der Waals surface area contributed by atoms with E-state index in [2.05, 4.69) is 30.3 Å². The third-order valence-electron chi connectivity index (χ3n) is 4.84. The number of benzene rings is 2. The first-order valence-corrected chi connectivity index (χ1v) is 9.05. The molecule has 0 saturated carbocycles. The van der Waals surface area contributed by atoms with E-state index in [0.29, 0.717) is 0 Å². The minimum atomic E-state index is 0.766. The number of rotatable bonds is 3. The average molecular weight is 350 g/mol. The molecule has 4 rings (SSSR count). The van der Waals surface area contributed by atoms with Crippen molar-refractivity contribution < 1.29 is 4.74 Å². The van der Waals surface area contributed by atoms with Crippen LogP contribution in [0, 0.1) is 0 Å². The van der Waals surface area contributed by atoms with Crippen LogP contribution >= 0.6 is 11.6 Å². The van der Waals surface area contributed by atoms with Gasteiger partial charge in [-0.05, 0) is 84.8 Å². The molecule has 0 saturated heterocycles. The van der Waals surface area contributed by atoms with Gasteiger partial charge in [-0.3, -0.25) is 4.98 Å². The standard InChI is InChI=1S/C22H20ClNO/c1-25-18-12-8-16(9-13-18)22-14-20(15-6-10-17(23)11-7-15)19-4-2-3-5-21(19)24-22/h6-14H,2-5H2,1H3. The van der Waals surface area contributed by atoms with E-state index in [1.54, 1.807) is 7.11 Å². The van der Waals surface area contributed by atoms with Gasteiger partial charge in [-0.1, -0.05) is 23.7 Å². The molecular weight excluding hydrogens is 330 g/mol. The molecule has 126 valence electrons. The minimum Gasteiger partial charge on any atom is -0.497 e. The van der Waals surface area contributed by atoms with Crippen LogP contribution in [-0.2, 0) is 12.8 Å². The molecule has 1 aliphatic carbocycles.